The molecule has 0 aliphatic heterocycles. The molecule has 0 unspecified atom stereocenters. The molecule has 0 aliphatic carbocycles. The van der Waals surface area contributed by atoms with E-state index in [4.69, 9.17) is 9.47 Å². The molecular weight excluding hydrogens is 453 g/mol. The quantitative estimate of drug-likeness (QED) is 0.181. The molecule has 0 amide bonds. The second-order valence-electron chi connectivity index (χ2n) is 4.57. The molecule has 0 atom stereocenters. The molecule has 0 aliphatic rings. The summed E-state index contributed by atoms with van der Waals surface area (Å²) in [5.41, 5.74) is 0. The van der Waals surface area contributed by atoms with Crippen molar-refractivity contribution in [2.75, 3.05) is 26.4 Å². The summed E-state index contributed by atoms with van der Waals surface area (Å²) in [7, 11) is 2.84. The molecule has 0 saturated carbocycles. The van der Waals surface area contributed by atoms with Crippen molar-refractivity contribution in [2.24, 2.45) is 0 Å². The molecule has 0 aromatic rings. The minimum Gasteiger partial charge on any atom is -0.640 e. The van der Waals surface area contributed by atoms with Crippen molar-refractivity contribution in [2.45, 2.75) is 82.6 Å². The van der Waals surface area contributed by atoms with Crippen LogP contribution in [0.5, 0.6) is 0 Å². The Morgan fingerprint density at radius 1 is 0.724 bits per heavy atom. The Hall–Kier alpha value is -0.526. The first-order chi connectivity index (χ1) is 11.3. The molecule has 0 aromatic carbocycles. The minimum absolute atomic E-state index is 0. The number of esters is 3. The Labute approximate surface area is 206 Å². The van der Waals surface area contributed by atoms with Crippen LogP contribution in [0.2, 0.25) is 0 Å². The van der Waals surface area contributed by atoms with Gasteiger partial charge >= 0.3 is 11.9 Å². The predicted molar refractivity (Wildman–Crippen MR) is 118 cm³/mol. The Morgan fingerprint density at radius 2 is 1.14 bits per heavy atom. The second-order valence-corrected chi connectivity index (χ2v) is 4.57. The van der Waals surface area contributed by atoms with Gasteiger partial charge in [-0.05, 0) is 13.3 Å². The molecule has 0 rings (SSSR count). The Morgan fingerprint density at radius 3 is 1.45 bits per heavy atom. The van der Waals surface area contributed by atoms with Gasteiger partial charge in [0.15, 0.2) is 0 Å². The second kappa shape index (κ2) is 45.9. The minimum atomic E-state index is -0.356. The first-order valence-electron chi connectivity index (χ1n) is 8.08. The van der Waals surface area contributed by atoms with Crippen LogP contribution in [-0.2, 0) is 66.0 Å². The third-order valence-electron chi connectivity index (χ3n) is 2.24. The molecule has 0 fully saturated rings. The van der Waals surface area contributed by atoms with E-state index in [0.29, 0.717) is 26.4 Å². The van der Waals surface area contributed by atoms with Gasteiger partial charge in [0.25, 0.3) is 5.97 Å². The van der Waals surface area contributed by atoms with Crippen molar-refractivity contribution in [1.29, 1.82) is 0 Å². The van der Waals surface area contributed by atoms with Crippen LogP contribution in [0.25, 0.3) is 0 Å². The van der Waals surface area contributed by atoms with E-state index in [2.05, 4.69) is 23.5 Å². The summed E-state index contributed by atoms with van der Waals surface area (Å²) in [6.07, 6.45) is 4.64. The Bertz CT molecular complexity index is 311. The van der Waals surface area contributed by atoms with E-state index in [1.54, 1.807) is 0 Å². The molecule has 179 valence electrons. The van der Waals surface area contributed by atoms with E-state index in [9.17, 15) is 14.4 Å². The maximum absolute atomic E-state index is 10.3. The fourth-order valence-corrected chi connectivity index (χ4v) is 1.13. The molecule has 0 spiro atoms. The van der Waals surface area contributed by atoms with Crippen molar-refractivity contribution >= 4 is 17.9 Å². The van der Waals surface area contributed by atoms with E-state index in [0.717, 1.165) is 6.42 Å². The van der Waals surface area contributed by atoms with Gasteiger partial charge < -0.3 is 26.4 Å². The van der Waals surface area contributed by atoms with E-state index in [-0.39, 0.29) is 80.3 Å². The summed E-state index contributed by atoms with van der Waals surface area (Å²) in [5.74, 6) is -0.781. The molecular formula is C21H48O7Y-2. The monoisotopic (exact) mass is 501 g/mol. The van der Waals surface area contributed by atoms with E-state index in [1.165, 1.54) is 40.0 Å². The SMILES string of the molecule is C.C.C.CCCCCCOC(C)=O.CCOCCOC(C)=O.[CH2-]OC(C)=O.[CH3-].[Y]. The van der Waals surface area contributed by atoms with Crippen molar-refractivity contribution in [3.63, 3.8) is 0 Å². The number of ether oxygens (including phenoxy) is 4. The van der Waals surface area contributed by atoms with Gasteiger partial charge in [-0.2, -0.15) is 7.11 Å². The first kappa shape index (κ1) is 51.3. The topological polar surface area (TPSA) is 88.1 Å². The van der Waals surface area contributed by atoms with Gasteiger partial charge in [-0.3, -0.25) is 14.4 Å². The number of carbonyl (C=O) groups excluding carboxylic acids is 3. The van der Waals surface area contributed by atoms with Crippen molar-refractivity contribution in [1.82, 2.24) is 0 Å². The third kappa shape index (κ3) is 85.1. The number of hydrogen-bond acceptors (Lipinski definition) is 7. The van der Waals surface area contributed by atoms with Crippen LogP contribution >= 0.6 is 0 Å². The molecule has 0 heterocycles. The molecule has 0 aromatic heterocycles. The van der Waals surface area contributed by atoms with Gasteiger partial charge in [0, 0.05) is 60.1 Å². The number of unbranched alkanes of at least 4 members (excludes halogenated alkanes) is 3. The van der Waals surface area contributed by atoms with Crippen LogP contribution in [0.4, 0.5) is 0 Å². The zero-order chi connectivity index (χ0) is 19.2. The Kier molecular flexibility index (Phi) is 81.2. The van der Waals surface area contributed by atoms with E-state index < -0.39 is 0 Å². The number of carbonyl (C=O) groups is 3. The van der Waals surface area contributed by atoms with Crippen molar-refractivity contribution in [3.8, 4) is 0 Å². The molecule has 1 radical (unpaired) electrons. The fraction of sp³-hybridized carbons (Fsp3) is 0.762. The van der Waals surface area contributed by atoms with Gasteiger partial charge in [0.1, 0.15) is 6.61 Å². The first-order valence-corrected chi connectivity index (χ1v) is 8.08. The molecule has 0 saturated heterocycles. The third-order valence-corrected chi connectivity index (χ3v) is 2.24. The summed E-state index contributed by atoms with van der Waals surface area (Å²) in [5, 5.41) is 0. The van der Waals surface area contributed by atoms with Gasteiger partial charge in [-0.1, -0.05) is 48.5 Å². The van der Waals surface area contributed by atoms with E-state index >= 15 is 0 Å². The van der Waals surface area contributed by atoms with Gasteiger partial charge in [-0.15, -0.1) is 0 Å². The maximum atomic E-state index is 10.3. The zero-order valence-corrected chi connectivity index (χ0v) is 20.1. The average Bonchev–Trinajstić information content (AvgIpc) is 2.52. The normalized spacial score (nSPS) is 7.24. The summed E-state index contributed by atoms with van der Waals surface area (Å²) < 4.78 is 18.1. The smallest absolute Gasteiger partial charge is 0.302 e. The molecule has 0 N–H and O–H groups in total. The van der Waals surface area contributed by atoms with Crippen LogP contribution in [0.15, 0.2) is 0 Å². The summed E-state index contributed by atoms with van der Waals surface area (Å²) >= 11 is 0. The van der Waals surface area contributed by atoms with Gasteiger partial charge in [-0.25, -0.2) is 0 Å². The summed E-state index contributed by atoms with van der Waals surface area (Å²) in [6, 6.07) is 0. The molecule has 29 heavy (non-hydrogen) atoms. The Balaban J connectivity index is -0.0000000364. The fourth-order valence-electron chi connectivity index (χ4n) is 1.13. The van der Waals surface area contributed by atoms with Crippen LogP contribution in [0.3, 0.4) is 0 Å². The summed E-state index contributed by atoms with van der Waals surface area (Å²) in [4.78, 5) is 29.9. The zero-order valence-electron chi connectivity index (χ0n) is 17.3. The average molecular weight is 502 g/mol. The van der Waals surface area contributed by atoms with Crippen LogP contribution in [0.1, 0.15) is 82.6 Å². The van der Waals surface area contributed by atoms with Gasteiger partial charge in [0.05, 0.1) is 13.2 Å². The van der Waals surface area contributed by atoms with Crippen molar-refractivity contribution < 1.29 is 66.0 Å². The largest absolute Gasteiger partial charge is 0.640 e. The predicted octanol–water partition coefficient (Wildman–Crippen LogP) is 5.41. The number of rotatable bonds is 9. The van der Waals surface area contributed by atoms with Crippen molar-refractivity contribution in [3.05, 3.63) is 14.5 Å². The van der Waals surface area contributed by atoms with Crippen LogP contribution < -0.4 is 0 Å². The number of hydrogen-bond donors (Lipinski definition) is 0. The van der Waals surface area contributed by atoms with Crippen LogP contribution in [0, 0.1) is 14.5 Å². The maximum Gasteiger partial charge on any atom is 0.302 e. The van der Waals surface area contributed by atoms with E-state index in [1.807, 2.05) is 6.92 Å². The summed E-state index contributed by atoms with van der Waals surface area (Å²) in [6.45, 7) is 10.3. The molecule has 0 bridgehead atoms. The van der Waals surface area contributed by atoms with Gasteiger partial charge in [0.2, 0.25) is 0 Å². The molecule has 8 heteroatoms. The standard InChI is InChI=1S/C8H16O2.C6H12O3.C3H5O2.3CH4.CH3.Y/c1-3-4-5-6-7-10-8(2)9;1-3-8-4-5-9-6(2)7;1-3(4)5-2;;;;;/h3-7H2,1-2H3;3-5H2,1-2H3;2H2,1H3;3*1H4;1H3;/q;;-1;;;;-1;. The van der Waals surface area contributed by atoms with Crippen LogP contribution in [-0.4, -0.2) is 44.3 Å². The molecule has 7 nitrogen and oxygen atoms in total.